The van der Waals surface area contributed by atoms with Gasteiger partial charge in [0.15, 0.2) is 11.9 Å². The van der Waals surface area contributed by atoms with Crippen LogP contribution in [-0.4, -0.2) is 121 Å². The summed E-state index contributed by atoms with van der Waals surface area (Å²) in [5, 5.41) is 5.67. The molecule has 21 heteroatoms. The Balaban J connectivity index is 0.866. The van der Waals surface area contributed by atoms with E-state index >= 15 is 8.78 Å². The number of nitrogens with one attached hydrogen (secondary N) is 4. The molecule has 0 radical (unpaired) electrons. The topological polar surface area (TPSA) is 225 Å². The van der Waals surface area contributed by atoms with Gasteiger partial charge in [-0.25, -0.2) is 13.8 Å². The molecule has 3 aliphatic rings. The molecule has 8 rings (SSSR count). The van der Waals surface area contributed by atoms with Gasteiger partial charge in [-0.15, -0.1) is 0 Å². The summed E-state index contributed by atoms with van der Waals surface area (Å²) in [4.78, 5) is 78.4. The number of hydrogen-bond acceptors (Lipinski definition) is 13. The summed E-state index contributed by atoms with van der Waals surface area (Å²) in [7, 11) is -2.88. The summed E-state index contributed by atoms with van der Waals surface area (Å²) in [6.07, 6.45) is 5.71. The predicted molar refractivity (Wildman–Crippen MR) is 241 cm³/mol. The molecule has 67 heavy (non-hydrogen) atoms. The highest BCUT2D eigenvalue weighted by Crippen LogP contribution is 2.33. The van der Waals surface area contributed by atoms with E-state index in [0.717, 1.165) is 33.4 Å². The number of benzene rings is 2. The molecule has 0 aliphatic carbocycles. The number of likely N-dealkylation sites (tertiary alicyclic amines) is 1. The molecule has 3 aliphatic heterocycles. The van der Waals surface area contributed by atoms with E-state index < -0.39 is 63.0 Å². The zero-order valence-corrected chi connectivity index (χ0v) is 37.5. The Bertz CT molecular complexity index is 2790. The van der Waals surface area contributed by atoms with Crippen molar-refractivity contribution in [1.29, 1.82) is 0 Å². The smallest absolute Gasteiger partial charge is 0.301 e. The lowest BCUT2D eigenvalue weighted by Crippen LogP contribution is -2.54. The summed E-state index contributed by atoms with van der Waals surface area (Å²) in [6, 6.07) is 14.6. The Morgan fingerprint density at radius 2 is 1.75 bits per heavy atom. The minimum Gasteiger partial charge on any atom is -0.479 e. The van der Waals surface area contributed by atoms with Gasteiger partial charge in [0.1, 0.15) is 17.2 Å². The fourth-order valence-electron chi connectivity index (χ4n) is 8.60. The highest BCUT2D eigenvalue weighted by molar-refractivity contribution is 7.90. The molecule has 2 aromatic carbocycles. The van der Waals surface area contributed by atoms with Crippen molar-refractivity contribution < 1.29 is 50.6 Å². The van der Waals surface area contributed by atoms with E-state index in [0.29, 0.717) is 80.6 Å². The van der Waals surface area contributed by atoms with E-state index in [1.807, 2.05) is 35.2 Å². The van der Waals surface area contributed by atoms with Crippen molar-refractivity contribution in [2.45, 2.75) is 69.7 Å². The number of amides is 3. The van der Waals surface area contributed by atoms with Gasteiger partial charge in [-0.1, -0.05) is 19.1 Å². The number of carbonyl (C=O) groups excluding carboxylic acids is 5. The maximum atomic E-state index is 15.7. The first kappa shape index (κ1) is 46.7. The third-order valence-electron chi connectivity index (χ3n) is 12.5. The first-order chi connectivity index (χ1) is 32.2. The first-order valence-electron chi connectivity index (χ1n) is 21.9. The fraction of sp³-hybridized carbons (Fsp3) is 0.370. The number of halogens is 2. The zero-order valence-electron chi connectivity index (χ0n) is 36.7. The molecular weight excluding hydrogens is 893 g/mol. The van der Waals surface area contributed by atoms with Crippen LogP contribution < -0.4 is 25.0 Å². The number of rotatable bonds is 16. The molecule has 0 saturated carbocycles. The molecule has 4 N–H and O–H groups in total. The Labute approximate surface area is 384 Å². The second kappa shape index (κ2) is 19.9. The van der Waals surface area contributed by atoms with Gasteiger partial charge in [0.2, 0.25) is 17.9 Å². The SMILES string of the molecule is CCN(C)S(=O)(=O)Nc1ccc(F)c(C(=O)c2c[nH]c3ncc(-c4cccc(N5CCC(NC(=O)C(OC=O)N6CCC(c7ccc(OC8CCC(=O)NC8=O)cn7)CC6)CC5)c4)cc23)c1F. The maximum absolute atomic E-state index is 15.7. The molecule has 5 aromatic rings. The van der Waals surface area contributed by atoms with Crippen LogP contribution in [0.1, 0.15) is 73.0 Å². The van der Waals surface area contributed by atoms with Crippen LogP contribution in [0.3, 0.4) is 0 Å². The fourth-order valence-corrected chi connectivity index (χ4v) is 9.53. The summed E-state index contributed by atoms with van der Waals surface area (Å²) in [5.74, 6) is -4.17. The number of nitrogens with zero attached hydrogens (tertiary/aromatic N) is 5. The van der Waals surface area contributed by atoms with Crippen LogP contribution in [0.2, 0.25) is 0 Å². The van der Waals surface area contributed by atoms with Crippen molar-refractivity contribution in [2.75, 3.05) is 49.4 Å². The van der Waals surface area contributed by atoms with Crippen molar-refractivity contribution in [3.63, 3.8) is 0 Å². The second-order valence-corrected chi connectivity index (χ2v) is 18.4. The Morgan fingerprint density at radius 3 is 2.45 bits per heavy atom. The van der Waals surface area contributed by atoms with Crippen LogP contribution in [-0.2, 0) is 34.1 Å². The summed E-state index contributed by atoms with van der Waals surface area (Å²) >= 11 is 0. The molecule has 352 valence electrons. The Hall–Kier alpha value is -6.84. The summed E-state index contributed by atoms with van der Waals surface area (Å²) < 4.78 is 70.1. The quantitative estimate of drug-likeness (QED) is 0.0613. The van der Waals surface area contributed by atoms with E-state index in [9.17, 15) is 32.4 Å². The van der Waals surface area contributed by atoms with E-state index in [1.54, 1.807) is 31.5 Å². The number of piperidine rings is 3. The minimum absolute atomic E-state index is 0.0566. The first-order valence-corrected chi connectivity index (χ1v) is 23.4. The summed E-state index contributed by atoms with van der Waals surface area (Å²) in [5.41, 5.74) is 1.90. The highest BCUT2D eigenvalue weighted by Gasteiger charge is 2.35. The molecule has 0 bridgehead atoms. The van der Waals surface area contributed by atoms with Crippen LogP contribution in [0, 0.1) is 11.6 Å². The number of aromatic amines is 1. The van der Waals surface area contributed by atoms with E-state index in [-0.39, 0.29) is 42.9 Å². The summed E-state index contributed by atoms with van der Waals surface area (Å²) in [6.45, 7) is 4.16. The standard InChI is InChI=1S/C46H49F2N9O9S/c1-3-55(2)67(63,64)54-37-10-8-35(47)40(41(37)48)42(60)34-25-51-43-33(34)22-29(23-50-43)28-5-4-6-31(21-28)56-19-15-30(16-20-56)52-45(62)46(65-26-58)57-17-13-27(14-18-57)36-9-7-32(24-49-36)66-38-11-12-39(59)53-44(38)61/h4-10,21-27,30,38,46,54H,3,11-20H2,1-2H3,(H,50,51)(H,52,62)(H,53,59,61). The molecule has 3 fully saturated rings. The van der Waals surface area contributed by atoms with Crippen molar-refractivity contribution in [2.24, 2.45) is 0 Å². The Kier molecular flexibility index (Phi) is 13.9. The number of hydrogen-bond donors (Lipinski definition) is 4. The van der Waals surface area contributed by atoms with Crippen molar-refractivity contribution >= 4 is 62.6 Å². The molecule has 0 spiro atoms. The third kappa shape index (κ3) is 10.3. The van der Waals surface area contributed by atoms with Gasteiger partial charge in [0.25, 0.3) is 18.3 Å². The lowest BCUT2D eigenvalue weighted by molar-refractivity contribution is -0.159. The molecule has 3 aromatic heterocycles. The average Bonchev–Trinajstić information content (AvgIpc) is 3.76. The van der Waals surface area contributed by atoms with Gasteiger partial charge in [0, 0.05) is 105 Å². The molecule has 18 nitrogen and oxygen atoms in total. The van der Waals surface area contributed by atoms with Gasteiger partial charge in [-0.05, 0) is 73.7 Å². The second-order valence-electron chi connectivity index (χ2n) is 16.6. The van der Waals surface area contributed by atoms with Crippen LogP contribution >= 0.6 is 0 Å². The predicted octanol–water partition coefficient (Wildman–Crippen LogP) is 4.39. The highest BCUT2D eigenvalue weighted by atomic mass is 32.2. The number of fused-ring (bicyclic) bond motifs is 1. The number of aromatic nitrogens is 3. The number of imide groups is 1. The number of ketones is 1. The number of ether oxygens (including phenoxy) is 2. The van der Waals surface area contributed by atoms with E-state index in [2.05, 4.69) is 35.2 Å². The van der Waals surface area contributed by atoms with Crippen molar-refractivity contribution in [1.82, 2.24) is 34.8 Å². The zero-order chi connectivity index (χ0) is 47.4. The lowest BCUT2D eigenvalue weighted by atomic mass is 9.93. The third-order valence-corrected chi connectivity index (χ3v) is 14.0. The normalized spacial score (nSPS) is 18.1. The van der Waals surface area contributed by atoms with Gasteiger partial charge in [-0.3, -0.25) is 43.9 Å². The van der Waals surface area contributed by atoms with Crippen molar-refractivity contribution in [3.05, 3.63) is 102 Å². The average molecular weight is 942 g/mol. The number of carbonyl (C=O) groups is 5. The molecule has 6 heterocycles. The number of anilines is 2. The molecule has 2 atom stereocenters. The van der Waals surface area contributed by atoms with Gasteiger partial charge in [-0.2, -0.15) is 12.7 Å². The van der Waals surface area contributed by atoms with Crippen molar-refractivity contribution in [3.8, 4) is 16.9 Å². The lowest BCUT2D eigenvalue weighted by Gasteiger charge is -2.37. The number of pyridine rings is 2. The van der Waals surface area contributed by atoms with Crippen LogP contribution in [0.4, 0.5) is 20.2 Å². The Morgan fingerprint density at radius 1 is 0.970 bits per heavy atom. The van der Waals surface area contributed by atoms with Crippen LogP contribution in [0.15, 0.2) is 73.2 Å². The molecular formula is C46H49F2N9O9S. The monoisotopic (exact) mass is 941 g/mol. The van der Waals surface area contributed by atoms with Gasteiger partial charge in [0.05, 0.1) is 17.4 Å². The molecule has 2 unspecified atom stereocenters. The maximum Gasteiger partial charge on any atom is 0.301 e. The van der Waals surface area contributed by atoms with Crippen LogP contribution in [0.25, 0.3) is 22.2 Å². The molecule has 3 saturated heterocycles. The van der Waals surface area contributed by atoms with Crippen LogP contribution in [0.5, 0.6) is 5.75 Å². The van der Waals surface area contributed by atoms with Gasteiger partial charge < -0.3 is 24.7 Å². The molecule has 3 amide bonds. The van der Waals surface area contributed by atoms with Gasteiger partial charge >= 0.3 is 10.2 Å². The van der Waals surface area contributed by atoms with E-state index in [4.69, 9.17) is 9.47 Å². The number of H-pyrrole nitrogens is 1. The van der Waals surface area contributed by atoms with E-state index in [1.165, 1.54) is 13.2 Å². The largest absolute Gasteiger partial charge is 0.479 e. The minimum atomic E-state index is -4.17.